The standard InChI is InChI=1S/C24H40O5/c1-18(2)9-6-10-19(3)11-7-12-20(4)13-8-14-21(5)15-24(28)29-17-23(27)22(26)16-25/h9,11,13,15,22-23,25-27H,6-8,10,12,14,16-17H2,1-5H3/t22-,23+/m1/s1. The number of hydrogen-bond acceptors (Lipinski definition) is 5. The maximum atomic E-state index is 11.7. The summed E-state index contributed by atoms with van der Waals surface area (Å²) in [6.07, 6.45) is 11.5. The molecule has 166 valence electrons. The molecule has 0 amide bonds. The fraction of sp³-hybridized carbons (Fsp3) is 0.625. The van der Waals surface area contributed by atoms with Gasteiger partial charge < -0.3 is 20.1 Å². The zero-order chi connectivity index (χ0) is 22.2. The van der Waals surface area contributed by atoms with Gasteiger partial charge in [0.25, 0.3) is 0 Å². The van der Waals surface area contributed by atoms with Crippen LogP contribution in [0, 0.1) is 0 Å². The van der Waals surface area contributed by atoms with Crippen molar-refractivity contribution < 1.29 is 24.9 Å². The minimum Gasteiger partial charge on any atom is -0.460 e. The van der Waals surface area contributed by atoms with Crippen molar-refractivity contribution in [2.75, 3.05) is 13.2 Å². The molecule has 0 saturated carbocycles. The van der Waals surface area contributed by atoms with Crippen LogP contribution in [0.15, 0.2) is 46.6 Å². The Morgan fingerprint density at radius 2 is 1.28 bits per heavy atom. The molecule has 2 atom stereocenters. The second kappa shape index (κ2) is 16.1. The van der Waals surface area contributed by atoms with Gasteiger partial charge in [0.05, 0.1) is 6.61 Å². The number of ether oxygens (including phenoxy) is 1. The summed E-state index contributed by atoms with van der Waals surface area (Å²) in [7, 11) is 0. The first-order valence-electron chi connectivity index (χ1n) is 10.4. The predicted octanol–water partition coefficient (Wildman–Crippen LogP) is 4.39. The SMILES string of the molecule is CC(C)=CCCC(C)=CCCC(C)=CCCC(C)=CC(=O)OC[C@H](O)[C@H](O)CO. The molecular weight excluding hydrogens is 368 g/mol. The molecule has 29 heavy (non-hydrogen) atoms. The van der Waals surface area contributed by atoms with Crippen molar-refractivity contribution >= 4 is 5.97 Å². The normalized spacial score (nSPS) is 15.1. The Labute approximate surface area is 176 Å². The van der Waals surface area contributed by atoms with E-state index in [4.69, 9.17) is 9.84 Å². The third-order valence-electron chi connectivity index (χ3n) is 4.55. The van der Waals surface area contributed by atoms with Crippen LogP contribution in [-0.4, -0.2) is 46.7 Å². The fourth-order valence-electron chi connectivity index (χ4n) is 2.60. The lowest BCUT2D eigenvalue weighted by molar-refractivity contribution is -0.143. The average molecular weight is 409 g/mol. The van der Waals surface area contributed by atoms with Crippen LogP contribution in [0.1, 0.15) is 73.1 Å². The molecule has 0 fully saturated rings. The highest BCUT2D eigenvalue weighted by Gasteiger charge is 2.16. The molecule has 0 aromatic heterocycles. The zero-order valence-electron chi connectivity index (χ0n) is 18.8. The molecular formula is C24H40O5. The highest BCUT2D eigenvalue weighted by Crippen LogP contribution is 2.13. The zero-order valence-corrected chi connectivity index (χ0v) is 18.8. The van der Waals surface area contributed by atoms with Crippen molar-refractivity contribution in [2.45, 2.75) is 85.4 Å². The van der Waals surface area contributed by atoms with Gasteiger partial charge in [-0.05, 0) is 73.1 Å². The molecule has 3 N–H and O–H groups in total. The van der Waals surface area contributed by atoms with Gasteiger partial charge in [-0.25, -0.2) is 4.79 Å². The van der Waals surface area contributed by atoms with Gasteiger partial charge in [-0.3, -0.25) is 0 Å². The van der Waals surface area contributed by atoms with Crippen LogP contribution in [0.5, 0.6) is 0 Å². The lowest BCUT2D eigenvalue weighted by Gasteiger charge is -2.14. The number of aliphatic hydroxyl groups is 3. The lowest BCUT2D eigenvalue weighted by Crippen LogP contribution is -2.33. The molecule has 5 nitrogen and oxygen atoms in total. The summed E-state index contributed by atoms with van der Waals surface area (Å²) in [6, 6.07) is 0. The first-order chi connectivity index (χ1) is 13.6. The monoisotopic (exact) mass is 408 g/mol. The van der Waals surface area contributed by atoms with Crippen molar-refractivity contribution in [2.24, 2.45) is 0 Å². The summed E-state index contributed by atoms with van der Waals surface area (Å²) < 4.78 is 4.88. The van der Waals surface area contributed by atoms with E-state index in [1.54, 1.807) is 0 Å². The molecule has 0 heterocycles. The van der Waals surface area contributed by atoms with Gasteiger partial charge in [-0.1, -0.05) is 40.5 Å². The van der Waals surface area contributed by atoms with Crippen LogP contribution in [0.2, 0.25) is 0 Å². The Morgan fingerprint density at radius 3 is 1.76 bits per heavy atom. The van der Waals surface area contributed by atoms with E-state index in [9.17, 15) is 15.0 Å². The number of carbonyl (C=O) groups is 1. The third kappa shape index (κ3) is 15.9. The summed E-state index contributed by atoms with van der Waals surface area (Å²) >= 11 is 0. The Morgan fingerprint density at radius 1 is 0.793 bits per heavy atom. The summed E-state index contributed by atoms with van der Waals surface area (Å²) in [5, 5.41) is 27.4. The number of rotatable bonds is 14. The maximum absolute atomic E-state index is 11.7. The Kier molecular flexibility index (Phi) is 15.2. The van der Waals surface area contributed by atoms with Crippen LogP contribution >= 0.6 is 0 Å². The van der Waals surface area contributed by atoms with Crippen molar-refractivity contribution in [3.63, 3.8) is 0 Å². The van der Waals surface area contributed by atoms with E-state index in [2.05, 4.69) is 45.9 Å². The summed E-state index contributed by atoms with van der Waals surface area (Å²) in [6.45, 7) is 9.52. The molecule has 0 aromatic carbocycles. The van der Waals surface area contributed by atoms with Crippen LogP contribution in [0.3, 0.4) is 0 Å². The van der Waals surface area contributed by atoms with E-state index < -0.39 is 24.8 Å². The molecule has 5 heteroatoms. The van der Waals surface area contributed by atoms with Crippen LogP contribution < -0.4 is 0 Å². The number of aliphatic hydroxyl groups excluding tert-OH is 3. The fourth-order valence-corrected chi connectivity index (χ4v) is 2.60. The largest absolute Gasteiger partial charge is 0.460 e. The molecule has 0 aliphatic carbocycles. The van der Waals surface area contributed by atoms with Crippen LogP contribution in [0.25, 0.3) is 0 Å². The summed E-state index contributed by atoms with van der Waals surface area (Å²) in [5.41, 5.74) is 5.04. The van der Waals surface area contributed by atoms with Gasteiger partial charge in [0, 0.05) is 6.08 Å². The van der Waals surface area contributed by atoms with Crippen LogP contribution in [0.4, 0.5) is 0 Å². The quantitative estimate of drug-likeness (QED) is 0.225. The Hall–Kier alpha value is -1.69. The van der Waals surface area contributed by atoms with Crippen molar-refractivity contribution in [3.05, 3.63) is 46.6 Å². The van der Waals surface area contributed by atoms with Gasteiger partial charge >= 0.3 is 5.97 Å². The molecule has 0 aliphatic rings. The maximum Gasteiger partial charge on any atom is 0.330 e. The smallest absolute Gasteiger partial charge is 0.330 e. The molecule has 0 spiro atoms. The van der Waals surface area contributed by atoms with E-state index in [1.807, 2.05) is 6.92 Å². The van der Waals surface area contributed by atoms with E-state index in [1.165, 1.54) is 22.8 Å². The van der Waals surface area contributed by atoms with Gasteiger partial charge in [-0.15, -0.1) is 0 Å². The molecule has 0 radical (unpaired) electrons. The Bertz CT molecular complexity index is 594. The summed E-state index contributed by atoms with van der Waals surface area (Å²) in [4.78, 5) is 11.7. The minimum atomic E-state index is -1.31. The average Bonchev–Trinajstić information content (AvgIpc) is 2.65. The van der Waals surface area contributed by atoms with Gasteiger partial charge in [0.2, 0.25) is 0 Å². The van der Waals surface area contributed by atoms with Crippen molar-refractivity contribution in [1.82, 2.24) is 0 Å². The molecule has 0 bridgehead atoms. The lowest BCUT2D eigenvalue weighted by atomic mass is 10.0. The molecule has 0 unspecified atom stereocenters. The number of hydrogen-bond donors (Lipinski definition) is 3. The van der Waals surface area contributed by atoms with Crippen molar-refractivity contribution in [1.29, 1.82) is 0 Å². The number of esters is 1. The minimum absolute atomic E-state index is 0.343. The van der Waals surface area contributed by atoms with E-state index >= 15 is 0 Å². The van der Waals surface area contributed by atoms with E-state index in [0.29, 0.717) is 0 Å². The van der Waals surface area contributed by atoms with Crippen LogP contribution in [-0.2, 0) is 9.53 Å². The first-order valence-corrected chi connectivity index (χ1v) is 10.4. The topological polar surface area (TPSA) is 87.0 Å². The highest BCUT2D eigenvalue weighted by atomic mass is 16.5. The van der Waals surface area contributed by atoms with Gasteiger partial charge in [0.15, 0.2) is 0 Å². The van der Waals surface area contributed by atoms with E-state index in [0.717, 1.165) is 44.1 Å². The second-order valence-electron chi connectivity index (χ2n) is 7.94. The number of carbonyl (C=O) groups excluding carboxylic acids is 1. The Balaban J connectivity index is 4.17. The first kappa shape index (κ1) is 27.3. The second-order valence-corrected chi connectivity index (χ2v) is 7.94. The van der Waals surface area contributed by atoms with Crippen molar-refractivity contribution in [3.8, 4) is 0 Å². The summed E-state index contributed by atoms with van der Waals surface area (Å²) in [5.74, 6) is -0.555. The third-order valence-corrected chi connectivity index (χ3v) is 4.55. The predicted molar refractivity (Wildman–Crippen MR) is 118 cm³/mol. The molecule has 0 saturated heterocycles. The molecule has 0 aromatic rings. The van der Waals surface area contributed by atoms with Gasteiger partial charge in [0.1, 0.15) is 18.8 Å². The van der Waals surface area contributed by atoms with E-state index in [-0.39, 0.29) is 6.61 Å². The van der Waals surface area contributed by atoms with Gasteiger partial charge in [-0.2, -0.15) is 0 Å². The highest BCUT2D eigenvalue weighted by molar-refractivity contribution is 5.82. The molecule has 0 aliphatic heterocycles. The molecule has 0 rings (SSSR count). The number of allylic oxidation sites excluding steroid dienone is 7.